The molecule has 0 saturated carbocycles. The van der Waals surface area contributed by atoms with Gasteiger partial charge in [0.15, 0.2) is 0 Å². The molecule has 5 rings (SSSR count). The second-order valence-corrected chi connectivity index (χ2v) is 17.0. The number of aromatic nitrogens is 1. The van der Waals surface area contributed by atoms with Gasteiger partial charge in [-0.2, -0.15) is 0 Å². The van der Waals surface area contributed by atoms with Crippen molar-refractivity contribution in [3.63, 3.8) is 0 Å². The van der Waals surface area contributed by atoms with Crippen molar-refractivity contribution < 1.29 is 49.9 Å². The van der Waals surface area contributed by atoms with Crippen molar-refractivity contribution >= 4 is 70.4 Å². The molecule has 2 saturated heterocycles. The summed E-state index contributed by atoms with van der Waals surface area (Å²) in [5.74, 6) is -1.81. The van der Waals surface area contributed by atoms with Crippen molar-refractivity contribution in [3.8, 4) is 5.75 Å². The fourth-order valence-electron chi connectivity index (χ4n) is 6.24. The van der Waals surface area contributed by atoms with E-state index in [0.717, 1.165) is 41.9 Å². The van der Waals surface area contributed by atoms with Gasteiger partial charge < -0.3 is 10.1 Å². The normalized spacial score (nSPS) is 24.6. The van der Waals surface area contributed by atoms with E-state index >= 15 is 0 Å². The number of β-lactam (4-membered cyclic amide) rings is 1. The molecule has 8 N–H and O–H groups in total. The van der Waals surface area contributed by atoms with Crippen LogP contribution < -0.4 is 26.8 Å². The number of aryl methyl sites for hydroxylation is 1. The van der Waals surface area contributed by atoms with Gasteiger partial charge in [-0.25, -0.2) is 0 Å². The van der Waals surface area contributed by atoms with Gasteiger partial charge in [0, 0.05) is 13.2 Å². The number of carbonyl (C=O) groups is 3. The first-order valence-corrected chi connectivity index (χ1v) is 20.2. The second kappa shape index (κ2) is 15.9. The molecule has 4 heterocycles. The molecule has 0 unspecified atom stereocenters. The Hall–Kier alpha value is -3.49. The average molecular weight is 828 g/mol. The number of anilines is 1. The van der Waals surface area contributed by atoms with Gasteiger partial charge in [-0.3, -0.25) is 0 Å². The molecule has 0 bridgehead atoms. The third-order valence-corrected chi connectivity index (χ3v) is 12.5. The number of aliphatic imine (C=N–C) groups is 1. The standard InChI is InChI=1S/C31H42AsN7O11S2/c1-30(2)24(27(41)39(30)50-52(44,45)46)38-26(40)23(20-15-51-29(34)37-20)32-49-31(3,28(42)43)22-8-6-17-12-18(5-7-21(17)48-22)25(33)36-13-16-9-10-35-19(11-16)14-47-4/h5,7,12,15-16,19,22,24,35H,6,8-11,13-14H2,1-4H3,(H2,33,36)(H2,34,37)(H,38,40)(H,42,43)(H,44,45,46)/t16-,19-,22-,24-,31+/m1/s1. The van der Waals surface area contributed by atoms with Crippen molar-refractivity contribution in [1.82, 2.24) is 20.7 Å². The summed E-state index contributed by atoms with van der Waals surface area (Å²) in [6.45, 7) is 6.33. The number of methoxy groups -OCH3 is 1. The van der Waals surface area contributed by atoms with Gasteiger partial charge in [0.05, 0.1) is 6.61 Å². The smallest absolute Gasteiger partial charge is 0.00420 e. The van der Waals surface area contributed by atoms with Crippen LogP contribution in [0.25, 0.3) is 0 Å². The quantitative estimate of drug-likeness (QED) is 0.0469. The van der Waals surface area contributed by atoms with Crippen molar-refractivity contribution in [1.29, 1.82) is 0 Å². The summed E-state index contributed by atoms with van der Waals surface area (Å²) >= 11 is -0.656. The zero-order valence-electron chi connectivity index (χ0n) is 28.9. The van der Waals surface area contributed by atoms with Gasteiger partial charge in [0.25, 0.3) is 0 Å². The number of carbonyl (C=O) groups excluding carboxylic acids is 2. The van der Waals surface area contributed by atoms with E-state index in [-0.39, 0.29) is 21.6 Å². The van der Waals surface area contributed by atoms with Gasteiger partial charge in [-0.15, -0.1) is 0 Å². The molecule has 0 aliphatic carbocycles. The van der Waals surface area contributed by atoms with Crippen LogP contribution in [0.4, 0.5) is 5.13 Å². The zero-order valence-corrected chi connectivity index (χ0v) is 32.4. The summed E-state index contributed by atoms with van der Waals surface area (Å²) < 4.78 is 53.3. The maximum absolute atomic E-state index is 13.6. The first-order chi connectivity index (χ1) is 24.4. The molecule has 284 valence electrons. The number of hydrogen-bond acceptors (Lipinski definition) is 14. The molecule has 2 amide bonds. The summed E-state index contributed by atoms with van der Waals surface area (Å²) in [5, 5.41) is 18.4. The minimum Gasteiger partial charge on any atom is -0.312 e. The molecular formula is C31H42AsN7O11S2. The number of benzene rings is 1. The Bertz CT molecular complexity index is 1870. The Morgan fingerprint density at radius 2 is 2.08 bits per heavy atom. The van der Waals surface area contributed by atoms with Crippen LogP contribution in [0.1, 0.15) is 56.9 Å². The van der Waals surface area contributed by atoms with Crippen LogP contribution in [-0.4, -0.2) is 128 Å². The molecule has 3 aliphatic rings. The molecule has 0 spiro atoms. The topological polar surface area (TPSA) is 267 Å². The van der Waals surface area contributed by atoms with E-state index in [1.165, 1.54) is 26.2 Å². The summed E-state index contributed by atoms with van der Waals surface area (Å²) in [7, 11) is -3.32. The first kappa shape index (κ1) is 39.7. The zero-order chi connectivity index (χ0) is 38.0. The molecule has 1 aromatic heterocycles. The number of thiazole rings is 1. The number of nitrogen functional groups attached to an aromatic ring is 1. The van der Waals surface area contributed by atoms with Crippen molar-refractivity contribution in [2.45, 2.75) is 75.8 Å². The minimum atomic E-state index is -5.01. The predicted octanol–water partition coefficient (Wildman–Crippen LogP) is -0.321. The van der Waals surface area contributed by atoms with Gasteiger partial charge >= 0.3 is 263 Å². The molecule has 5 atom stereocenters. The van der Waals surface area contributed by atoms with Crippen molar-refractivity contribution in [3.05, 3.63) is 40.4 Å². The molecule has 2 fully saturated rings. The second-order valence-electron chi connectivity index (χ2n) is 13.4. The molecule has 18 nitrogen and oxygen atoms in total. The molecule has 0 radical (unpaired) electrons. The molecular weight excluding hydrogens is 785 g/mol. The third-order valence-electron chi connectivity index (χ3n) is 9.26. The average Bonchev–Trinajstić information content (AvgIpc) is 3.53. The third kappa shape index (κ3) is 8.82. The van der Waals surface area contributed by atoms with E-state index in [1.807, 2.05) is 6.07 Å². The number of nitrogens with two attached hydrogens (primary N) is 2. The molecule has 21 heteroatoms. The number of carboxylic acids is 1. The van der Waals surface area contributed by atoms with E-state index in [4.69, 9.17) is 29.2 Å². The van der Waals surface area contributed by atoms with Crippen LogP contribution >= 0.6 is 11.3 Å². The van der Waals surface area contributed by atoms with Crippen LogP contribution in [0.2, 0.25) is 0 Å². The number of hydrogen-bond donors (Lipinski definition) is 6. The van der Waals surface area contributed by atoms with Gasteiger partial charge in [0.1, 0.15) is 0 Å². The molecule has 2 aromatic rings. The fourth-order valence-corrected chi connectivity index (χ4v) is 9.18. The van der Waals surface area contributed by atoms with Crippen molar-refractivity contribution in [2.75, 3.05) is 32.5 Å². The Balaban J connectivity index is 1.30. The summed E-state index contributed by atoms with van der Waals surface area (Å²) in [6.07, 6.45) is 1.72. The number of ether oxygens (including phenoxy) is 2. The molecule has 52 heavy (non-hydrogen) atoms. The number of hydroxylamine groups is 2. The number of nitrogens with one attached hydrogen (secondary N) is 2. The molecule has 3 aliphatic heterocycles. The number of amides is 2. The Kier molecular flexibility index (Phi) is 12.1. The molecule has 1 aromatic carbocycles. The number of rotatable bonds is 14. The summed E-state index contributed by atoms with van der Waals surface area (Å²) in [6, 6.07) is 4.41. The van der Waals surface area contributed by atoms with E-state index in [9.17, 15) is 27.9 Å². The maximum Gasteiger partial charge on any atom is -0.00420 e. The minimum absolute atomic E-state index is 0.0521. The number of aliphatic carboxylic acids is 1. The van der Waals surface area contributed by atoms with E-state index in [0.29, 0.717) is 48.2 Å². The van der Waals surface area contributed by atoms with Crippen LogP contribution in [0.3, 0.4) is 0 Å². The van der Waals surface area contributed by atoms with Gasteiger partial charge in [0.2, 0.25) is 0 Å². The van der Waals surface area contributed by atoms with Crippen LogP contribution in [-0.2, 0) is 44.0 Å². The number of piperidine rings is 1. The number of nitrogens with zero attached hydrogens (tertiary/aromatic N) is 3. The Morgan fingerprint density at radius 3 is 2.71 bits per heavy atom. The van der Waals surface area contributed by atoms with Gasteiger partial charge in [-0.05, 0) is 19.4 Å². The summed E-state index contributed by atoms with van der Waals surface area (Å²) in [4.78, 5) is 47.9. The number of fused-ring (bicyclic) bond motifs is 1. The summed E-state index contributed by atoms with van der Waals surface area (Å²) in [5.41, 5.74) is 10.6. The first-order valence-electron chi connectivity index (χ1n) is 16.3. The van der Waals surface area contributed by atoms with Crippen LogP contribution in [0.15, 0.2) is 28.6 Å². The van der Waals surface area contributed by atoms with E-state index in [2.05, 4.69) is 24.9 Å². The number of amidine groups is 1. The van der Waals surface area contributed by atoms with Gasteiger partial charge in [-0.1, -0.05) is 0 Å². The van der Waals surface area contributed by atoms with Crippen molar-refractivity contribution in [2.24, 2.45) is 16.6 Å². The predicted molar refractivity (Wildman–Crippen MR) is 190 cm³/mol. The number of carboxylic acid groups (broad SMARTS) is 1. The SMILES string of the molecule is COC[C@H]1C[C@H](CN=C(N)c2ccc3c(c2)CC[C@H]([C@](C)(O[As]=C(C(=O)N[C@@H]2C(=O)N(OS(=O)(=O)O)C2(C)C)c2csc(N)n2)C(=O)O)O3)CCN1. The Labute approximate surface area is 311 Å². The van der Waals surface area contributed by atoms with E-state index in [1.54, 1.807) is 19.2 Å². The Morgan fingerprint density at radius 1 is 1.33 bits per heavy atom. The maximum atomic E-state index is 13.6. The van der Waals surface area contributed by atoms with Crippen LogP contribution in [0.5, 0.6) is 5.75 Å². The largest absolute Gasteiger partial charge is 0.312 e. The fraction of sp³-hybridized carbons (Fsp3) is 0.548. The van der Waals surface area contributed by atoms with Crippen LogP contribution in [0, 0.1) is 5.92 Å². The monoisotopic (exact) mass is 827 g/mol. The van der Waals surface area contributed by atoms with E-state index < -0.39 is 67.1 Å².